The van der Waals surface area contributed by atoms with Crippen molar-refractivity contribution in [1.82, 2.24) is 19.1 Å². The van der Waals surface area contributed by atoms with Gasteiger partial charge in [0.2, 0.25) is 10.0 Å². The first-order valence-electron chi connectivity index (χ1n) is 7.62. The summed E-state index contributed by atoms with van der Waals surface area (Å²) in [6.45, 7) is 1.46. The molecule has 1 spiro atoms. The van der Waals surface area contributed by atoms with Crippen molar-refractivity contribution in [2.45, 2.75) is 29.4 Å². The summed E-state index contributed by atoms with van der Waals surface area (Å²) in [5.74, 6) is 0. The zero-order valence-corrected chi connectivity index (χ0v) is 13.4. The van der Waals surface area contributed by atoms with E-state index in [2.05, 4.69) is 10.2 Å². The molecule has 2 fully saturated rings. The average Bonchev–Trinajstić information content (AvgIpc) is 3.30. The standard InChI is InChI=1S/C15H18N4O3S/c20-23(21,14-4-2-1-3-5-14)19-7-6-15(10-19)8-13(9-22-15)18-11-16-17-12-18/h1-5,11-13H,6-10H2. The van der Waals surface area contributed by atoms with Gasteiger partial charge in [-0.15, -0.1) is 10.2 Å². The molecule has 0 N–H and O–H groups in total. The molecule has 0 bridgehead atoms. The smallest absolute Gasteiger partial charge is 0.243 e. The predicted octanol–water partition coefficient (Wildman–Crippen LogP) is 1.07. The van der Waals surface area contributed by atoms with Gasteiger partial charge in [-0.25, -0.2) is 8.42 Å². The maximum absolute atomic E-state index is 12.7. The fraction of sp³-hybridized carbons (Fsp3) is 0.467. The summed E-state index contributed by atoms with van der Waals surface area (Å²) in [4.78, 5) is 0.338. The summed E-state index contributed by atoms with van der Waals surface area (Å²) in [7, 11) is -3.45. The Morgan fingerprint density at radius 2 is 1.91 bits per heavy atom. The van der Waals surface area contributed by atoms with Gasteiger partial charge < -0.3 is 9.30 Å². The molecule has 2 aliphatic heterocycles. The van der Waals surface area contributed by atoms with E-state index in [0.717, 1.165) is 12.8 Å². The summed E-state index contributed by atoms with van der Waals surface area (Å²) >= 11 is 0. The molecule has 0 radical (unpaired) electrons. The molecule has 2 saturated heterocycles. The second kappa shape index (κ2) is 5.40. The average molecular weight is 334 g/mol. The van der Waals surface area contributed by atoms with E-state index in [4.69, 9.17) is 4.74 Å². The van der Waals surface area contributed by atoms with Gasteiger partial charge in [-0.05, 0) is 18.6 Å². The lowest BCUT2D eigenvalue weighted by Crippen LogP contribution is -2.35. The Labute approximate surface area is 134 Å². The molecule has 3 heterocycles. The van der Waals surface area contributed by atoms with Crippen LogP contribution in [-0.2, 0) is 14.8 Å². The van der Waals surface area contributed by atoms with Crippen LogP contribution in [-0.4, -0.2) is 52.8 Å². The fourth-order valence-electron chi connectivity index (χ4n) is 3.45. The zero-order valence-electron chi connectivity index (χ0n) is 12.6. The van der Waals surface area contributed by atoms with Crippen LogP contribution in [0.4, 0.5) is 0 Å². The highest BCUT2D eigenvalue weighted by Gasteiger charge is 2.49. The quantitative estimate of drug-likeness (QED) is 0.839. The minimum Gasteiger partial charge on any atom is -0.371 e. The molecule has 0 amide bonds. The van der Waals surface area contributed by atoms with Crippen LogP contribution in [0.2, 0.25) is 0 Å². The zero-order chi connectivity index (χ0) is 15.9. The summed E-state index contributed by atoms with van der Waals surface area (Å²) in [6, 6.07) is 8.74. The van der Waals surface area contributed by atoms with Crippen molar-refractivity contribution in [1.29, 1.82) is 0 Å². The highest BCUT2D eigenvalue weighted by Crippen LogP contribution is 2.41. The molecule has 0 saturated carbocycles. The van der Waals surface area contributed by atoms with Gasteiger partial charge in [0.15, 0.2) is 0 Å². The van der Waals surface area contributed by atoms with Gasteiger partial charge in [0, 0.05) is 19.5 Å². The summed E-state index contributed by atoms with van der Waals surface area (Å²) in [5, 5.41) is 7.65. The Morgan fingerprint density at radius 3 is 2.65 bits per heavy atom. The van der Waals surface area contributed by atoms with Crippen LogP contribution >= 0.6 is 0 Å². The third-order valence-corrected chi connectivity index (χ3v) is 6.57. The first-order valence-corrected chi connectivity index (χ1v) is 9.06. The van der Waals surface area contributed by atoms with Crippen LogP contribution < -0.4 is 0 Å². The van der Waals surface area contributed by atoms with Crippen molar-refractivity contribution < 1.29 is 13.2 Å². The van der Waals surface area contributed by atoms with Crippen LogP contribution in [0.1, 0.15) is 18.9 Å². The molecule has 2 aromatic rings. The van der Waals surface area contributed by atoms with Gasteiger partial charge in [0.05, 0.1) is 23.1 Å². The molecule has 7 nitrogen and oxygen atoms in total. The Bertz CT molecular complexity index is 778. The normalized spacial score (nSPS) is 28.6. The largest absolute Gasteiger partial charge is 0.371 e. The molecular weight excluding hydrogens is 316 g/mol. The van der Waals surface area contributed by atoms with Crippen molar-refractivity contribution in [3.05, 3.63) is 43.0 Å². The van der Waals surface area contributed by atoms with Gasteiger partial charge in [-0.1, -0.05) is 18.2 Å². The molecule has 122 valence electrons. The fourth-order valence-corrected chi connectivity index (χ4v) is 4.98. The van der Waals surface area contributed by atoms with Crippen LogP contribution in [0.25, 0.3) is 0 Å². The Balaban J connectivity index is 1.52. The second-order valence-electron chi connectivity index (χ2n) is 6.16. The predicted molar refractivity (Wildman–Crippen MR) is 82.2 cm³/mol. The molecule has 23 heavy (non-hydrogen) atoms. The summed E-state index contributed by atoms with van der Waals surface area (Å²) < 4.78 is 34.9. The van der Waals surface area contributed by atoms with E-state index in [9.17, 15) is 8.42 Å². The number of hydrogen-bond acceptors (Lipinski definition) is 5. The number of hydrogen-bond donors (Lipinski definition) is 0. The van der Waals surface area contributed by atoms with E-state index >= 15 is 0 Å². The maximum atomic E-state index is 12.7. The third-order valence-electron chi connectivity index (χ3n) is 4.71. The molecule has 8 heteroatoms. The van der Waals surface area contributed by atoms with Crippen molar-refractivity contribution in [3.63, 3.8) is 0 Å². The molecule has 1 aromatic heterocycles. The molecular formula is C15H18N4O3S. The lowest BCUT2D eigenvalue weighted by Gasteiger charge is -2.23. The summed E-state index contributed by atoms with van der Waals surface area (Å²) in [5.41, 5.74) is -0.392. The minimum absolute atomic E-state index is 0.171. The Morgan fingerprint density at radius 1 is 1.17 bits per heavy atom. The number of nitrogens with zero attached hydrogens (tertiary/aromatic N) is 4. The van der Waals surface area contributed by atoms with E-state index in [1.54, 1.807) is 36.9 Å². The molecule has 2 atom stereocenters. The first-order chi connectivity index (χ1) is 11.1. The van der Waals surface area contributed by atoms with Gasteiger partial charge >= 0.3 is 0 Å². The van der Waals surface area contributed by atoms with E-state index in [1.807, 2.05) is 10.6 Å². The number of aromatic nitrogens is 3. The van der Waals surface area contributed by atoms with Crippen LogP contribution in [0.5, 0.6) is 0 Å². The first kappa shape index (κ1) is 14.8. The van der Waals surface area contributed by atoms with E-state index in [1.165, 1.54) is 4.31 Å². The highest BCUT2D eigenvalue weighted by molar-refractivity contribution is 7.89. The van der Waals surface area contributed by atoms with Gasteiger partial charge in [-0.3, -0.25) is 0 Å². The van der Waals surface area contributed by atoms with Crippen molar-refractivity contribution in [3.8, 4) is 0 Å². The molecule has 0 aliphatic carbocycles. The topological polar surface area (TPSA) is 77.3 Å². The molecule has 1 aromatic carbocycles. The third kappa shape index (κ3) is 2.56. The number of ether oxygens (including phenoxy) is 1. The van der Waals surface area contributed by atoms with Gasteiger partial charge in [0.25, 0.3) is 0 Å². The molecule has 4 rings (SSSR count). The SMILES string of the molecule is O=S(=O)(c1ccccc1)N1CCC2(CC(n3cnnc3)CO2)C1. The number of sulfonamides is 1. The van der Waals surface area contributed by atoms with Crippen LogP contribution in [0.15, 0.2) is 47.9 Å². The highest BCUT2D eigenvalue weighted by atomic mass is 32.2. The van der Waals surface area contributed by atoms with Crippen LogP contribution in [0, 0.1) is 0 Å². The summed E-state index contributed by atoms with van der Waals surface area (Å²) in [6.07, 6.45) is 4.87. The van der Waals surface area contributed by atoms with Crippen LogP contribution in [0.3, 0.4) is 0 Å². The second-order valence-corrected chi connectivity index (χ2v) is 8.10. The van der Waals surface area contributed by atoms with E-state index < -0.39 is 15.6 Å². The van der Waals surface area contributed by atoms with Crippen molar-refractivity contribution >= 4 is 10.0 Å². The maximum Gasteiger partial charge on any atom is 0.243 e. The van der Waals surface area contributed by atoms with Crippen molar-refractivity contribution in [2.24, 2.45) is 0 Å². The Hall–Kier alpha value is -1.77. The lowest BCUT2D eigenvalue weighted by atomic mass is 9.97. The van der Waals surface area contributed by atoms with Crippen molar-refractivity contribution in [2.75, 3.05) is 19.7 Å². The monoisotopic (exact) mass is 334 g/mol. The number of benzene rings is 1. The minimum atomic E-state index is -3.45. The van der Waals surface area contributed by atoms with Gasteiger partial charge in [-0.2, -0.15) is 4.31 Å². The van der Waals surface area contributed by atoms with E-state index in [0.29, 0.717) is 24.6 Å². The molecule has 2 unspecified atom stereocenters. The Kier molecular flexibility index (Phi) is 3.47. The lowest BCUT2D eigenvalue weighted by molar-refractivity contribution is 0.0165. The van der Waals surface area contributed by atoms with Gasteiger partial charge in [0.1, 0.15) is 12.7 Å². The van der Waals surface area contributed by atoms with E-state index in [-0.39, 0.29) is 6.04 Å². The molecule has 2 aliphatic rings. The number of rotatable bonds is 3.